The van der Waals surface area contributed by atoms with Crippen molar-refractivity contribution in [2.24, 2.45) is 23.0 Å². The Morgan fingerprint density at radius 1 is 1.28 bits per heavy atom. The summed E-state index contributed by atoms with van der Waals surface area (Å²) in [6.07, 6.45) is 1.49. The van der Waals surface area contributed by atoms with Crippen LogP contribution in [0, 0.1) is 23.1 Å². The van der Waals surface area contributed by atoms with Gasteiger partial charge in [-0.1, -0.05) is 26.0 Å². The largest absolute Gasteiger partial charge is 0.472 e. The number of benzene rings is 1. The van der Waals surface area contributed by atoms with Crippen LogP contribution in [-0.4, -0.2) is 34.9 Å². The van der Waals surface area contributed by atoms with E-state index in [9.17, 15) is 14.5 Å². The minimum atomic E-state index is -1.18. The summed E-state index contributed by atoms with van der Waals surface area (Å²) in [5, 5.41) is 20.9. The van der Waals surface area contributed by atoms with Crippen molar-refractivity contribution >= 4 is 19.5 Å². The second kappa shape index (κ2) is 7.16. The highest BCUT2D eigenvalue weighted by Gasteiger charge is 2.64. The van der Waals surface area contributed by atoms with Crippen LogP contribution in [0.5, 0.6) is 0 Å². The molecule has 0 saturated heterocycles. The third-order valence-electron chi connectivity index (χ3n) is 6.46. The molecule has 1 aromatic carbocycles. The first kappa shape index (κ1) is 20.7. The van der Waals surface area contributed by atoms with Gasteiger partial charge in [0.2, 0.25) is 0 Å². The van der Waals surface area contributed by atoms with Gasteiger partial charge in [0.1, 0.15) is 5.82 Å². The first-order valence-corrected chi connectivity index (χ1v) is 8.68. The van der Waals surface area contributed by atoms with Gasteiger partial charge in [-0.3, -0.25) is 0 Å². The van der Waals surface area contributed by atoms with E-state index in [0.29, 0.717) is 18.8 Å². The highest BCUT2D eigenvalue weighted by molar-refractivity contribution is 6.45. The molecule has 3 fully saturated rings. The summed E-state index contributed by atoms with van der Waals surface area (Å²) in [5.74, 6) is -0.227. The van der Waals surface area contributed by atoms with Gasteiger partial charge in [0.25, 0.3) is 0 Å². The summed E-state index contributed by atoms with van der Waals surface area (Å²) in [4.78, 5) is 0. The Balaban J connectivity index is 0.00000225. The van der Waals surface area contributed by atoms with Crippen LogP contribution in [0.1, 0.15) is 39.2 Å². The van der Waals surface area contributed by atoms with Gasteiger partial charge in [-0.05, 0) is 61.1 Å². The van der Waals surface area contributed by atoms with Crippen LogP contribution in [-0.2, 0) is 11.1 Å². The molecule has 3 aliphatic carbocycles. The van der Waals surface area contributed by atoms with Crippen molar-refractivity contribution in [1.29, 1.82) is 0 Å². The Morgan fingerprint density at radius 2 is 1.88 bits per heavy atom. The van der Waals surface area contributed by atoms with E-state index in [1.54, 1.807) is 12.1 Å². The quantitative estimate of drug-likeness (QED) is 0.694. The average Bonchev–Trinajstić information content (AvgIpc) is 2.51. The third-order valence-corrected chi connectivity index (χ3v) is 6.46. The van der Waals surface area contributed by atoms with E-state index in [0.717, 1.165) is 12.0 Å². The van der Waals surface area contributed by atoms with Gasteiger partial charge in [0, 0.05) is 5.94 Å². The summed E-state index contributed by atoms with van der Waals surface area (Å²) >= 11 is 0. The Kier molecular flexibility index (Phi) is 5.92. The summed E-state index contributed by atoms with van der Waals surface area (Å²) in [6, 6.07) is 6.05. The summed E-state index contributed by atoms with van der Waals surface area (Å²) in [6.45, 7) is 6.28. The predicted molar refractivity (Wildman–Crippen MR) is 98.8 cm³/mol. The Bertz CT molecular complexity index is 602. The molecule has 4 nitrogen and oxygen atoms in total. The van der Waals surface area contributed by atoms with Crippen molar-refractivity contribution < 1.29 is 19.2 Å². The van der Waals surface area contributed by atoms with Crippen molar-refractivity contribution in [2.45, 2.75) is 57.7 Å². The molecule has 0 radical (unpaired) electrons. The van der Waals surface area contributed by atoms with E-state index in [-0.39, 0.29) is 29.6 Å². The maximum atomic E-state index is 13.0. The number of hydrogen-bond acceptors (Lipinski definition) is 4. The first-order chi connectivity index (χ1) is 11.1. The summed E-state index contributed by atoms with van der Waals surface area (Å²) < 4.78 is 18.9. The van der Waals surface area contributed by atoms with Gasteiger partial charge in [-0.2, -0.15) is 0 Å². The summed E-state index contributed by atoms with van der Waals surface area (Å²) in [7, 11) is -1.18. The molecule has 0 heterocycles. The molecule has 25 heavy (non-hydrogen) atoms. The van der Waals surface area contributed by atoms with Gasteiger partial charge in [-0.25, -0.2) is 4.39 Å². The zero-order chi connectivity index (χ0) is 17.7. The predicted octanol–water partition coefficient (Wildman–Crippen LogP) is 2.34. The Morgan fingerprint density at radius 3 is 2.44 bits per heavy atom. The molecule has 4 rings (SSSR count). The fourth-order valence-electron chi connectivity index (χ4n) is 4.63. The molecule has 3 saturated carbocycles. The second-order valence-corrected chi connectivity index (χ2v) is 8.24. The lowest BCUT2D eigenvalue weighted by Crippen LogP contribution is -2.69. The van der Waals surface area contributed by atoms with Crippen LogP contribution < -0.4 is 5.73 Å². The lowest BCUT2D eigenvalue weighted by molar-refractivity contribution is -0.239. The van der Waals surface area contributed by atoms with Crippen LogP contribution in [0.2, 0.25) is 0 Å². The normalized spacial score (nSPS) is 33.8. The van der Waals surface area contributed by atoms with Crippen LogP contribution in [0.3, 0.4) is 0 Å². The van der Waals surface area contributed by atoms with Crippen molar-refractivity contribution in [3.63, 3.8) is 0 Å². The molecule has 1 aromatic rings. The molecular formula is C18H28BClFNO3. The molecule has 5 atom stereocenters. The summed E-state index contributed by atoms with van der Waals surface area (Å²) in [5.41, 5.74) is 6.23. The molecule has 0 spiro atoms. The van der Waals surface area contributed by atoms with E-state index >= 15 is 0 Å². The number of nitrogens with two attached hydrogens (primary N) is 1. The Labute approximate surface area is 155 Å². The fraction of sp³-hybridized carbons (Fsp3) is 0.667. The van der Waals surface area contributed by atoms with Gasteiger partial charge < -0.3 is 20.5 Å². The highest BCUT2D eigenvalue weighted by Crippen LogP contribution is 2.63. The van der Waals surface area contributed by atoms with Crippen LogP contribution in [0.25, 0.3) is 0 Å². The van der Waals surface area contributed by atoms with Crippen LogP contribution in [0.4, 0.5) is 4.39 Å². The molecule has 3 aliphatic rings. The zero-order valence-corrected chi connectivity index (χ0v) is 15.8. The molecule has 2 bridgehead atoms. The Hall–Kier alpha value is -0.655. The van der Waals surface area contributed by atoms with E-state index in [4.69, 9.17) is 10.4 Å². The highest BCUT2D eigenvalue weighted by atomic mass is 35.5. The molecule has 4 N–H and O–H groups in total. The molecule has 7 heteroatoms. The van der Waals surface area contributed by atoms with Gasteiger partial charge >= 0.3 is 7.12 Å². The molecule has 140 valence electrons. The van der Waals surface area contributed by atoms with E-state index in [1.807, 2.05) is 6.92 Å². The van der Waals surface area contributed by atoms with Crippen molar-refractivity contribution in [3.8, 4) is 0 Å². The van der Waals surface area contributed by atoms with E-state index in [1.165, 1.54) is 12.1 Å². The van der Waals surface area contributed by atoms with E-state index in [2.05, 4.69) is 13.8 Å². The number of hydrogen-bond donors (Lipinski definition) is 3. The standard InChI is InChI=1S/C18H27BFNO3.ClH/c1-17(2)12-9-14(17)18(3,15(22)10-12)24-19(23)16(21)8-11-4-6-13(20)7-5-11;/h4-7,12,14-16,22-23H,8-10,21H2,1-3H3;1H/t12-,14-,15+,16-,18-;/m1./s1. The molecule has 0 aromatic heterocycles. The smallest absolute Gasteiger partial charge is 0.426 e. The van der Waals surface area contributed by atoms with Crippen molar-refractivity contribution in [2.75, 3.05) is 0 Å². The van der Waals surface area contributed by atoms with E-state index < -0.39 is 24.8 Å². The number of fused-ring (bicyclic) bond motifs is 2. The monoisotopic (exact) mass is 371 g/mol. The van der Waals surface area contributed by atoms with Crippen molar-refractivity contribution in [3.05, 3.63) is 35.6 Å². The lowest BCUT2D eigenvalue weighted by atomic mass is 9.43. The number of aliphatic hydroxyl groups is 1. The van der Waals surface area contributed by atoms with Crippen LogP contribution in [0.15, 0.2) is 24.3 Å². The minimum Gasteiger partial charge on any atom is -0.426 e. The van der Waals surface area contributed by atoms with Crippen molar-refractivity contribution in [1.82, 2.24) is 0 Å². The molecular weight excluding hydrogens is 343 g/mol. The third kappa shape index (κ3) is 3.60. The molecule has 0 unspecified atom stereocenters. The van der Waals surface area contributed by atoms with Gasteiger partial charge in [0.05, 0.1) is 11.7 Å². The maximum Gasteiger partial charge on any atom is 0.472 e. The molecule has 0 aliphatic heterocycles. The fourth-order valence-corrected chi connectivity index (χ4v) is 4.63. The minimum absolute atomic E-state index is 0. The number of rotatable bonds is 5. The molecule has 0 amide bonds. The van der Waals surface area contributed by atoms with Gasteiger partial charge in [0.15, 0.2) is 0 Å². The average molecular weight is 372 g/mol. The number of aliphatic hydroxyl groups excluding tert-OH is 1. The first-order valence-electron chi connectivity index (χ1n) is 8.68. The van der Waals surface area contributed by atoms with Crippen LogP contribution >= 0.6 is 12.4 Å². The SMILES string of the molecule is CC1(C)[C@@H]2C[C@H]1[C@@](C)(OB(O)[C@H](N)Cc1ccc(F)cc1)[C@@H](O)C2.Cl. The number of halogens is 2. The zero-order valence-electron chi connectivity index (χ0n) is 15.0. The second-order valence-electron chi connectivity index (χ2n) is 8.24. The maximum absolute atomic E-state index is 13.0. The lowest BCUT2D eigenvalue weighted by Gasteiger charge is -2.66. The topological polar surface area (TPSA) is 75.7 Å². The van der Waals surface area contributed by atoms with Gasteiger partial charge in [-0.15, -0.1) is 12.4 Å².